The van der Waals surface area contributed by atoms with Gasteiger partial charge in [-0.05, 0) is 78.6 Å². The van der Waals surface area contributed by atoms with Crippen molar-refractivity contribution >= 4 is 33.1 Å². The zero-order valence-corrected chi connectivity index (χ0v) is 21.6. The van der Waals surface area contributed by atoms with Crippen LogP contribution < -0.4 is 14.8 Å². The summed E-state index contributed by atoms with van der Waals surface area (Å²) in [4.78, 5) is 11.6. The summed E-state index contributed by atoms with van der Waals surface area (Å²) in [6.07, 6.45) is 3.92. The van der Waals surface area contributed by atoms with Crippen molar-refractivity contribution in [2.24, 2.45) is 5.92 Å². The predicted molar refractivity (Wildman–Crippen MR) is 138 cm³/mol. The van der Waals surface area contributed by atoms with E-state index in [0.717, 1.165) is 36.3 Å². The van der Waals surface area contributed by atoms with Crippen LogP contribution in [-0.2, 0) is 27.7 Å². The Bertz CT molecular complexity index is 1140. The molecule has 8 heteroatoms. The molecule has 1 atom stereocenters. The number of halogens is 1. The second kappa shape index (κ2) is 11.9. The highest BCUT2D eigenvalue weighted by molar-refractivity contribution is 7.89. The van der Waals surface area contributed by atoms with E-state index in [1.807, 2.05) is 22.9 Å². The third-order valence-electron chi connectivity index (χ3n) is 5.91. The lowest BCUT2D eigenvalue weighted by molar-refractivity contribution is -0.119. The van der Waals surface area contributed by atoms with Crippen LogP contribution >= 0.6 is 11.6 Å². The smallest absolute Gasteiger partial charge is 0.234 e. The first kappa shape index (κ1) is 26.3. The van der Waals surface area contributed by atoms with E-state index in [4.69, 9.17) is 16.3 Å². The van der Waals surface area contributed by atoms with E-state index >= 15 is 0 Å². The molecule has 2 aromatic rings. The average Bonchev–Trinajstić information content (AvgIpc) is 2.77. The normalized spacial score (nSPS) is 14.5. The van der Waals surface area contributed by atoms with Crippen LogP contribution in [0.25, 0.3) is 5.57 Å². The highest BCUT2D eigenvalue weighted by Crippen LogP contribution is 2.33. The number of hydrogen-bond acceptors (Lipinski definition) is 5. The summed E-state index contributed by atoms with van der Waals surface area (Å²) in [6, 6.07) is 14.3. The largest absolute Gasteiger partial charge is 0.493 e. The Balaban J connectivity index is 1.50. The zero-order chi connectivity index (χ0) is 24.7. The number of ether oxygens (including phenoxy) is 1. The Labute approximate surface area is 207 Å². The molecule has 2 N–H and O–H groups in total. The minimum atomic E-state index is -3.50. The van der Waals surface area contributed by atoms with E-state index in [1.165, 1.54) is 27.8 Å². The molecule has 1 aliphatic carbocycles. The molecule has 0 bridgehead atoms. The molecule has 1 amide bonds. The number of carbonyl (C=O) groups excluding carboxylic acids is 1. The Morgan fingerprint density at radius 3 is 2.59 bits per heavy atom. The minimum absolute atomic E-state index is 0.118. The third-order valence-corrected chi connectivity index (χ3v) is 6.76. The first-order valence-electron chi connectivity index (χ1n) is 11.5. The quantitative estimate of drug-likeness (QED) is 0.444. The second-order valence-corrected chi connectivity index (χ2v) is 11.2. The molecular weight excluding hydrogens is 472 g/mol. The van der Waals surface area contributed by atoms with Gasteiger partial charge in [0.05, 0.1) is 12.9 Å². The van der Waals surface area contributed by atoms with Gasteiger partial charge in [-0.15, -0.1) is 0 Å². The first-order valence-corrected chi connectivity index (χ1v) is 13.8. The lowest BCUT2D eigenvalue weighted by Crippen LogP contribution is -2.32. The van der Waals surface area contributed by atoms with E-state index < -0.39 is 15.9 Å². The third kappa shape index (κ3) is 8.15. The lowest BCUT2D eigenvalue weighted by atomic mass is 9.86. The summed E-state index contributed by atoms with van der Waals surface area (Å²) >= 11 is 5.96. The molecule has 0 spiro atoms. The summed E-state index contributed by atoms with van der Waals surface area (Å²) < 4.78 is 30.3. The lowest BCUT2D eigenvalue weighted by Gasteiger charge is -2.23. The van der Waals surface area contributed by atoms with Crippen molar-refractivity contribution in [1.82, 2.24) is 10.0 Å². The van der Waals surface area contributed by atoms with Crippen LogP contribution in [0.3, 0.4) is 0 Å². The Kier molecular flexibility index (Phi) is 9.17. The molecule has 184 valence electrons. The molecule has 0 aliphatic heterocycles. The Morgan fingerprint density at radius 1 is 1.15 bits per heavy atom. The van der Waals surface area contributed by atoms with Gasteiger partial charge < -0.3 is 10.1 Å². The van der Waals surface area contributed by atoms with Crippen molar-refractivity contribution in [3.05, 3.63) is 69.8 Å². The van der Waals surface area contributed by atoms with E-state index in [2.05, 4.69) is 43.4 Å². The number of carbonyl (C=O) groups is 1. The van der Waals surface area contributed by atoms with Crippen molar-refractivity contribution in [1.29, 1.82) is 0 Å². The number of hydrogen-bond donors (Lipinski definition) is 2. The molecule has 3 rings (SSSR count). The molecule has 0 radical (unpaired) electrons. The molecule has 0 aromatic heterocycles. The summed E-state index contributed by atoms with van der Waals surface area (Å²) in [5.74, 6) is 0.786. The summed E-state index contributed by atoms with van der Waals surface area (Å²) in [5, 5.41) is 4.01. The maximum absolute atomic E-state index is 11.6. The predicted octanol–water partition coefficient (Wildman–Crippen LogP) is 4.37. The van der Waals surface area contributed by atoms with Gasteiger partial charge in [0.2, 0.25) is 15.9 Å². The number of nitrogens with one attached hydrogen (secondary N) is 2. The van der Waals surface area contributed by atoms with Crippen molar-refractivity contribution in [2.45, 2.75) is 39.5 Å². The monoisotopic (exact) mass is 504 g/mol. The van der Waals surface area contributed by atoms with E-state index in [9.17, 15) is 13.2 Å². The molecule has 0 unspecified atom stereocenters. The molecule has 0 fully saturated rings. The molecule has 0 saturated heterocycles. The van der Waals surface area contributed by atoms with Crippen LogP contribution in [0.1, 0.15) is 43.4 Å². The van der Waals surface area contributed by atoms with Crippen LogP contribution in [0.4, 0.5) is 0 Å². The van der Waals surface area contributed by atoms with Crippen LogP contribution in [0, 0.1) is 5.92 Å². The summed E-state index contributed by atoms with van der Waals surface area (Å²) in [5.41, 5.74) is 6.33. The van der Waals surface area contributed by atoms with Crippen molar-refractivity contribution in [2.75, 3.05) is 26.0 Å². The molecule has 0 saturated carbocycles. The number of allylic oxidation sites excluding steroid dienone is 1. The Hall–Kier alpha value is -2.35. The highest BCUT2D eigenvalue weighted by Gasteiger charge is 2.17. The van der Waals surface area contributed by atoms with Gasteiger partial charge in [0, 0.05) is 24.5 Å². The van der Waals surface area contributed by atoms with Crippen LogP contribution in [0.2, 0.25) is 5.02 Å². The van der Waals surface area contributed by atoms with Crippen molar-refractivity contribution < 1.29 is 17.9 Å². The number of amides is 1. The summed E-state index contributed by atoms with van der Waals surface area (Å²) in [7, 11) is -3.50. The van der Waals surface area contributed by atoms with Gasteiger partial charge in [0.1, 0.15) is 5.75 Å². The number of sulfonamides is 1. The SMILES string of the molecule is CC1=C(CNCCC(=O)NS(C)(=O)=O)CCc2cc(OC[C@@H](C)Cc3ccc(Cl)cc3)ccc21. The standard InChI is InChI=1S/C26H33ClN2O4S/c1-18(14-20-4-8-23(27)9-5-20)17-33-24-10-11-25-19(2)22(7-6-21(25)15-24)16-28-13-12-26(30)29-34(3,31)32/h4-5,8-11,15,18,28H,6-7,12-14,16-17H2,1-3H3,(H,29,30)/t18-/m0/s1. The number of fused-ring (bicyclic) bond motifs is 1. The fourth-order valence-corrected chi connectivity index (χ4v) is 4.78. The molecule has 6 nitrogen and oxygen atoms in total. The minimum Gasteiger partial charge on any atom is -0.493 e. The molecule has 0 heterocycles. The Morgan fingerprint density at radius 2 is 1.88 bits per heavy atom. The molecular formula is C26H33ClN2O4S. The maximum Gasteiger partial charge on any atom is 0.234 e. The van der Waals surface area contributed by atoms with Gasteiger partial charge >= 0.3 is 0 Å². The molecule has 34 heavy (non-hydrogen) atoms. The number of benzene rings is 2. The van der Waals surface area contributed by atoms with Gasteiger partial charge in [0.15, 0.2) is 0 Å². The van der Waals surface area contributed by atoms with Gasteiger partial charge in [-0.1, -0.05) is 42.3 Å². The average molecular weight is 505 g/mol. The van der Waals surface area contributed by atoms with E-state index in [1.54, 1.807) is 0 Å². The topological polar surface area (TPSA) is 84.5 Å². The molecule has 2 aromatic carbocycles. The fourth-order valence-electron chi connectivity index (χ4n) is 4.14. The van der Waals surface area contributed by atoms with Gasteiger partial charge in [-0.3, -0.25) is 9.52 Å². The van der Waals surface area contributed by atoms with Crippen molar-refractivity contribution in [3.63, 3.8) is 0 Å². The number of rotatable bonds is 11. The van der Waals surface area contributed by atoms with Crippen LogP contribution in [-0.4, -0.2) is 40.3 Å². The van der Waals surface area contributed by atoms with E-state index in [-0.39, 0.29) is 6.42 Å². The van der Waals surface area contributed by atoms with Crippen LogP contribution in [0.15, 0.2) is 48.0 Å². The van der Waals surface area contributed by atoms with Gasteiger partial charge in [-0.2, -0.15) is 0 Å². The van der Waals surface area contributed by atoms with Gasteiger partial charge in [0.25, 0.3) is 0 Å². The van der Waals surface area contributed by atoms with Gasteiger partial charge in [-0.25, -0.2) is 8.42 Å². The highest BCUT2D eigenvalue weighted by atomic mass is 35.5. The summed E-state index contributed by atoms with van der Waals surface area (Å²) in [6.45, 7) is 6.06. The zero-order valence-electron chi connectivity index (χ0n) is 20.0. The molecule has 1 aliphatic rings. The van der Waals surface area contributed by atoms with E-state index in [0.29, 0.717) is 25.6 Å². The fraction of sp³-hybridized carbons (Fsp3) is 0.423. The number of aryl methyl sites for hydroxylation is 1. The van der Waals surface area contributed by atoms with Crippen molar-refractivity contribution in [3.8, 4) is 5.75 Å². The maximum atomic E-state index is 11.6. The second-order valence-electron chi connectivity index (χ2n) is 9.02. The first-order chi connectivity index (χ1) is 16.1. The van der Waals surface area contributed by atoms with Crippen LogP contribution in [0.5, 0.6) is 5.75 Å².